The van der Waals surface area contributed by atoms with Gasteiger partial charge in [-0.25, -0.2) is 4.98 Å². The lowest BCUT2D eigenvalue weighted by Gasteiger charge is -2.07. The van der Waals surface area contributed by atoms with Gasteiger partial charge in [-0.3, -0.25) is 4.98 Å². The van der Waals surface area contributed by atoms with Gasteiger partial charge in [0.2, 0.25) is 0 Å². The van der Waals surface area contributed by atoms with Crippen LogP contribution in [0.3, 0.4) is 0 Å². The summed E-state index contributed by atoms with van der Waals surface area (Å²) in [7, 11) is 0. The van der Waals surface area contributed by atoms with Gasteiger partial charge in [0.1, 0.15) is 5.82 Å². The van der Waals surface area contributed by atoms with Gasteiger partial charge in [-0.2, -0.15) is 0 Å². The molecule has 0 unspecified atom stereocenters. The van der Waals surface area contributed by atoms with Crippen LogP contribution in [0.25, 0.3) is 27.8 Å². The molecule has 0 saturated carbocycles. The fourth-order valence-corrected chi connectivity index (χ4v) is 2.77. The van der Waals surface area contributed by atoms with Gasteiger partial charge in [0, 0.05) is 35.7 Å². The normalized spacial score (nSPS) is 11.0. The summed E-state index contributed by atoms with van der Waals surface area (Å²) in [6, 6.07) is 16.6. The van der Waals surface area contributed by atoms with Crippen molar-refractivity contribution in [2.45, 2.75) is 6.92 Å². The summed E-state index contributed by atoms with van der Waals surface area (Å²) in [5.41, 5.74) is 4.76. The zero-order chi connectivity index (χ0) is 14.9. The zero-order valence-electron chi connectivity index (χ0n) is 12.3. The van der Waals surface area contributed by atoms with Crippen LogP contribution in [0, 0.1) is 6.92 Å². The summed E-state index contributed by atoms with van der Waals surface area (Å²) in [6.07, 6.45) is 7.63. The SMILES string of the molecule is Cc1ccncc1-c1ccc2c(ccn2-c2ccccn2)c1. The number of rotatable bonds is 2. The predicted molar refractivity (Wildman–Crippen MR) is 89.0 cm³/mol. The van der Waals surface area contributed by atoms with Crippen molar-refractivity contribution in [2.75, 3.05) is 0 Å². The first kappa shape index (κ1) is 12.8. The molecule has 0 aliphatic rings. The van der Waals surface area contributed by atoms with E-state index in [2.05, 4.69) is 51.9 Å². The molecule has 0 N–H and O–H groups in total. The fraction of sp³-hybridized carbons (Fsp3) is 0.0526. The Bertz CT molecular complexity index is 939. The third-order valence-electron chi connectivity index (χ3n) is 3.94. The van der Waals surface area contributed by atoms with Gasteiger partial charge in [0.25, 0.3) is 0 Å². The van der Waals surface area contributed by atoms with E-state index in [1.165, 1.54) is 22.1 Å². The topological polar surface area (TPSA) is 30.7 Å². The van der Waals surface area contributed by atoms with Gasteiger partial charge in [-0.1, -0.05) is 12.1 Å². The van der Waals surface area contributed by atoms with E-state index in [9.17, 15) is 0 Å². The Labute approximate surface area is 128 Å². The van der Waals surface area contributed by atoms with Gasteiger partial charge in [0.05, 0.1) is 5.52 Å². The summed E-state index contributed by atoms with van der Waals surface area (Å²) in [6.45, 7) is 2.11. The second-order valence-electron chi connectivity index (χ2n) is 5.34. The van der Waals surface area contributed by atoms with E-state index in [4.69, 9.17) is 0 Å². The zero-order valence-corrected chi connectivity index (χ0v) is 12.3. The van der Waals surface area contributed by atoms with Gasteiger partial charge < -0.3 is 4.57 Å². The van der Waals surface area contributed by atoms with Crippen LogP contribution >= 0.6 is 0 Å². The number of fused-ring (bicyclic) bond motifs is 1. The second-order valence-corrected chi connectivity index (χ2v) is 5.34. The molecule has 106 valence electrons. The lowest BCUT2D eigenvalue weighted by atomic mass is 10.0. The third kappa shape index (κ3) is 2.07. The summed E-state index contributed by atoms with van der Waals surface area (Å²) in [5.74, 6) is 0.933. The third-order valence-corrected chi connectivity index (χ3v) is 3.94. The van der Waals surface area contributed by atoms with Crippen molar-refractivity contribution in [3.8, 4) is 16.9 Å². The first-order chi connectivity index (χ1) is 10.8. The highest BCUT2D eigenvalue weighted by molar-refractivity contribution is 5.87. The van der Waals surface area contributed by atoms with E-state index in [-0.39, 0.29) is 0 Å². The number of hydrogen-bond acceptors (Lipinski definition) is 2. The molecular formula is C19H15N3. The average Bonchev–Trinajstić information content (AvgIpc) is 2.99. The van der Waals surface area contributed by atoms with Crippen molar-refractivity contribution in [2.24, 2.45) is 0 Å². The van der Waals surface area contributed by atoms with Gasteiger partial charge in [-0.05, 0) is 54.4 Å². The number of aryl methyl sites for hydroxylation is 1. The number of benzene rings is 1. The molecule has 0 amide bonds. The Kier molecular flexibility index (Phi) is 2.97. The Morgan fingerprint density at radius 2 is 1.91 bits per heavy atom. The van der Waals surface area contributed by atoms with Gasteiger partial charge in [-0.15, -0.1) is 0 Å². The van der Waals surface area contributed by atoms with Crippen LogP contribution in [0.2, 0.25) is 0 Å². The maximum atomic E-state index is 4.42. The number of hydrogen-bond donors (Lipinski definition) is 0. The lowest BCUT2D eigenvalue weighted by molar-refractivity contribution is 1.04. The average molecular weight is 285 g/mol. The molecule has 22 heavy (non-hydrogen) atoms. The van der Waals surface area contributed by atoms with Crippen LogP contribution in [-0.4, -0.2) is 14.5 Å². The highest BCUT2D eigenvalue weighted by Gasteiger charge is 2.07. The summed E-state index contributed by atoms with van der Waals surface area (Å²) < 4.78 is 2.11. The molecule has 3 heteroatoms. The molecule has 3 nitrogen and oxygen atoms in total. The van der Waals surface area contributed by atoms with Crippen molar-refractivity contribution >= 4 is 10.9 Å². The minimum absolute atomic E-state index is 0.933. The van der Waals surface area contributed by atoms with Crippen LogP contribution in [0.4, 0.5) is 0 Å². The molecule has 3 heterocycles. The van der Waals surface area contributed by atoms with E-state index < -0.39 is 0 Å². The van der Waals surface area contributed by atoms with E-state index in [0.717, 1.165) is 11.3 Å². The Balaban J connectivity index is 1.86. The monoisotopic (exact) mass is 285 g/mol. The number of aromatic nitrogens is 3. The molecule has 1 aromatic carbocycles. The van der Waals surface area contributed by atoms with Gasteiger partial charge in [0.15, 0.2) is 0 Å². The molecule has 0 aliphatic carbocycles. The quantitative estimate of drug-likeness (QED) is 0.546. The molecule has 0 aliphatic heterocycles. The van der Waals surface area contributed by atoms with Crippen LogP contribution < -0.4 is 0 Å². The highest BCUT2D eigenvalue weighted by Crippen LogP contribution is 2.27. The van der Waals surface area contributed by atoms with Crippen LogP contribution in [0.1, 0.15) is 5.56 Å². The second kappa shape index (κ2) is 5.11. The molecule has 0 atom stereocenters. The van der Waals surface area contributed by atoms with E-state index in [0.29, 0.717) is 0 Å². The smallest absolute Gasteiger partial charge is 0.137 e. The number of pyridine rings is 2. The van der Waals surface area contributed by atoms with E-state index in [1.54, 1.807) is 0 Å². The maximum Gasteiger partial charge on any atom is 0.137 e. The van der Waals surface area contributed by atoms with Crippen molar-refractivity contribution in [3.63, 3.8) is 0 Å². The van der Waals surface area contributed by atoms with Crippen LogP contribution in [-0.2, 0) is 0 Å². The van der Waals surface area contributed by atoms with Crippen LogP contribution in [0.5, 0.6) is 0 Å². The van der Waals surface area contributed by atoms with Crippen molar-refractivity contribution in [3.05, 3.63) is 78.9 Å². The minimum Gasteiger partial charge on any atom is -0.301 e. The highest BCUT2D eigenvalue weighted by atomic mass is 15.0. The predicted octanol–water partition coefficient (Wildman–Crippen LogP) is 4.40. The lowest BCUT2D eigenvalue weighted by Crippen LogP contribution is -1.94. The summed E-state index contributed by atoms with van der Waals surface area (Å²) in [5, 5.41) is 1.20. The van der Waals surface area contributed by atoms with E-state index in [1.807, 2.05) is 42.9 Å². The Morgan fingerprint density at radius 3 is 2.73 bits per heavy atom. The van der Waals surface area contributed by atoms with Crippen molar-refractivity contribution in [1.29, 1.82) is 0 Å². The molecule has 0 saturated heterocycles. The first-order valence-electron chi connectivity index (χ1n) is 7.26. The van der Waals surface area contributed by atoms with Crippen molar-refractivity contribution in [1.82, 2.24) is 14.5 Å². The standard InChI is InChI=1S/C19H15N3/c1-14-7-10-20-13-17(14)15-5-6-18-16(12-15)8-11-22(18)19-4-2-3-9-21-19/h2-13H,1H3. The fourth-order valence-electron chi connectivity index (χ4n) is 2.77. The summed E-state index contributed by atoms with van der Waals surface area (Å²) >= 11 is 0. The molecule has 0 radical (unpaired) electrons. The molecule has 3 aromatic heterocycles. The Morgan fingerprint density at radius 1 is 0.955 bits per heavy atom. The molecule has 0 bridgehead atoms. The van der Waals surface area contributed by atoms with E-state index >= 15 is 0 Å². The van der Waals surface area contributed by atoms with Crippen molar-refractivity contribution < 1.29 is 0 Å². The van der Waals surface area contributed by atoms with Gasteiger partial charge >= 0.3 is 0 Å². The molecule has 0 spiro atoms. The molecular weight excluding hydrogens is 270 g/mol. The largest absolute Gasteiger partial charge is 0.301 e. The maximum absolute atomic E-state index is 4.42. The summed E-state index contributed by atoms with van der Waals surface area (Å²) in [4.78, 5) is 8.66. The molecule has 4 aromatic rings. The minimum atomic E-state index is 0.933. The molecule has 0 fully saturated rings. The van der Waals surface area contributed by atoms with Crippen LogP contribution in [0.15, 0.2) is 73.3 Å². The Hall–Kier alpha value is -2.94. The molecule has 4 rings (SSSR count). The first-order valence-corrected chi connectivity index (χ1v) is 7.26. The number of nitrogens with zero attached hydrogens (tertiary/aromatic N) is 3.